The van der Waals surface area contributed by atoms with E-state index in [-0.39, 0.29) is 0 Å². The van der Waals surface area contributed by atoms with Gasteiger partial charge < -0.3 is 10.5 Å². The Morgan fingerprint density at radius 1 is 1.40 bits per heavy atom. The van der Waals surface area contributed by atoms with E-state index in [9.17, 15) is 0 Å². The molecule has 1 rings (SSSR count). The van der Waals surface area contributed by atoms with Crippen LogP contribution in [0.5, 0.6) is 5.75 Å². The van der Waals surface area contributed by atoms with Crippen molar-refractivity contribution in [1.82, 2.24) is 0 Å². The molecule has 0 atom stereocenters. The minimum atomic E-state index is 0.536. The van der Waals surface area contributed by atoms with E-state index >= 15 is 0 Å². The van der Waals surface area contributed by atoms with Crippen LogP contribution in [0, 0.1) is 13.8 Å². The highest BCUT2D eigenvalue weighted by Gasteiger charge is 2.10. The molecule has 0 heterocycles. The second kappa shape index (κ2) is 5.33. The molecule has 1 aromatic carbocycles. The minimum absolute atomic E-state index is 0.536. The molecule has 0 unspecified atom stereocenters. The smallest absolute Gasteiger partial charge is 0.140 e. The summed E-state index contributed by atoms with van der Waals surface area (Å²) in [6.07, 6.45) is 3.92. The maximum atomic E-state index is 5.45. The van der Waals surface area contributed by atoms with Gasteiger partial charge in [-0.25, -0.2) is 0 Å². The second-order valence-electron chi connectivity index (χ2n) is 3.41. The van der Waals surface area contributed by atoms with E-state index in [1.165, 1.54) is 11.1 Å². The molecule has 0 aliphatic carbocycles. The first-order chi connectivity index (χ1) is 7.11. The van der Waals surface area contributed by atoms with Crippen molar-refractivity contribution < 1.29 is 4.74 Å². The van der Waals surface area contributed by atoms with Gasteiger partial charge in [0.15, 0.2) is 0 Å². The Labute approximate surface area is 99.3 Å². The standard InChI is InChI=1S/C12H16BrNO/c1-8-7-9(2)11(13)12(15-3)10(8)5-4-6-14/h4-5,7H,6,14H2,1-3H3/b5-4+. The van der Waals surface area contributed by atoms with Crippen molar-refractivity contribution in [3.8, 4) is 5.75 Å². The molecule has 2 N–H and O–H groups in total. The monoisotopic (exact) mass is 269 g/mol. The topological polar surface area (TPSA) is 35.2 Å². The van der Waals surface area contributed by atoms with E-state index in [0.29, 0.717) is 6.54 Å². The van der Waals surface area contributed by atoms with Gasteiger partial charge in [-0.1, -0.05) is 18.2 Å². The Kier molecular flexibility index (Phi) is 4.36. The summed E-state index contributed by atoms with van der Waals surface area (Å²) in [5.74, 6) is 0.872. The first-order valence-corrected chi connectivity index (χ1v) is 5.61. The third-order valence-electron chi connectivity index (χ3n) is 2.27. The lowest BCUT2D eigenvalue weighted by Gasteiger charge is -2.12. The van der Waals surface area contributed by atoms with Crippen LogP contribution in [0.15, 0.2) is 16.6 Å². The largest absolute Gasteiger partial charge is 0.495 e. The maximum Gasteiger partial charge on any atom is 0.140 e. The fraction of sp³-hybridized carbons (Fsp3) is 0.333. The van der Waals surface area contributed by atoms with Crippen molar-refractivity contribution in [2.45, 2.75) is 13.8 Å². The average molecular weight is 270 g/mol. The highest BCUT2D eigenvalue weighted by atomic mass is 79.9. The number of hydrogen-bond acceptors (Lipinski definition) is 2. The summed E-state index contributed by atoms with van der Waals surface area (Å²) in [7, 11) is 1.68. The summed E-state index contributed by atoms with van der Waals surface area (Å²) in [5.41, 5.74) is 8.90. The van der Waals surface area contributed by atoms with Gasteiger partial charge in [-0.05, 0) is 40.9 Å². The molecule has 2 nitrogen and oxygen atoms in total. The number of methoxy groups -OCH3 is 1. The van der Waals surface area contributed by atoms with Crippen molar-refractivity contribution in [2.24, 2.45) is 5.73 Å². The zero-order chi connectivity index (χ0) is 11.4. The molecular weight excluding hydrogens is 254 g/mol. The maximum absolute atomic E-state index is 5.45. The summed E-state index contributed by atoms with van der Waals surface area (Å²) in [5, 5.41) is 0. The van der Waals surface area contributed by atoms with E-state index in [1.807, 2.05) is 12.2 Å². The second-order valence-corrected chi connectivity index (χ2v) is 4.20. The van der Waals surface area contributed by atoms with Gasteiger partial charge >= 0.3 is 0 Å². The molecule has 3 heteroatoms. The Morgan fingerprint density at radius 2 is 2.07 bits per heavy atom. The highest BCUT2D eigenvalue weighted by Crippen LogP contribution is 2.35. The molecule has 82 valence electrons. The molecular formula is C12H16BrNO. The van der Waals surface area contributed by atoms with E-state index < -0.39 is 0 Å². The highest BCUT2D eigenvalue weighted by molar-refractivity contribution is 9.10. The van der Waals surface area contributed by atoms with Gasteiger partial charge in [0.1, 0.15) is 5.75 Å². The van der Waals surface area contributed by atoms with Crippen LogP contribution in [0.3, 0.4) is 0 Å². The van der Waals surface area contributed by atoms with Crippen LogP contribution >= 0.6 is 15.9 Å². The van der Waals surface area contributed by atoms with Gasteiger partial charge in [0.2, 0.25) is 0 Å². The Balaban J connectivity index is 3.35. The molecule has 0 bridgehead atoms. The Bertz CT molecular complexity index is 386. The van der Waals surface area contributed by atoms with Crippen LogP contribution in [0.25, 0.3) is 6.08 Å². The summed E-state index contributed by atoms with van der Waals surface area (Å²) in [6.45, 7) is 4.66. The van der Waals surface area contributed by atoms with Crippen molar-refractivity contribution in [2.75, 3.05) is 13.7 Å². The Morgan fingerprint density at radius 3 is 2.60 bits per heavy atom. The fourth-order valence-electron chi connectivity index (χ4n) is 1.53. The molecule has 1 aromatic rings. The first-order valence-electron chi connectivity index (χ1n) is 4.82. The SMILES string of the molecule is COc1c(Br)c(C)cc(C)c1/C=C/CN. The Hall–Kier alpha value is -0.800. The lowest BCUT2D eigenvalue weighted by Crippen LogP contribution is -1.96. The summed E-state index contributed by atoms with van der Waals surface area (Å²) in [4.78, 5) is 0. The lowest BCUT2D eigenvalue weighted by atomic mass is 10.0. The number of nitrogens with two attached hydrogens (primary N) is 1. The van der Waals surface area contributed by atoms with Crippen LogP contribution < -0.4 is 10.5 Å². The molecule has 0 radical (unpaired) electrons. The van der Waals surface area contributed by atoms with Gasteiger partial charge in [-0.15, -0.1) is 0 Å². The van der Waals surface area contributed by atoms with E-state index in [2.05, 4.69) is 35.8 Å². The van der Waals surface area contributed by atoms with Gasteiger partial charge in [0, 0.05) is 12.1 Å². The predicted octanol–water partition coefficient (Wildman–Crippen LogP) is 3.05. The number of halogens is 1. The van der Waals surface area contributed by atoms with Crippen LogP contribution in [-0.2, 0) is 0 Å². The minimum Gasteiger partial charge on any atom is -0.495 e. The fourth-order valence-corrected chi connectivity index (χ4v) is 2.02. The van der Waals surface area contributed by atoms with Gasteiger partial charge in [0.05, 0.1) is 11.6 Å². The number of benzene rings is 1. The molecule has 0 saturated carbocycles. The van der Waals surface area contributed by atoms with Crippen LogP contribution in [0.4, 0.5) is 0 Å². The number of ether oxygens (including phenoxy) is 1. The van der Waals surface area contributed by atoms with Crippen molar-refractivity contribution >= 4 is 22.0 Å². The molecule has 0 aliphatic rings. The van der Waals surface area contributed by atoms with E-state index in [4.69, 9.17) is 10.5 Å². The normalized spacial score (nSPS) is 11.0. The first kappa shape index (κ1) is 12.3. The van der Waals surface area contributed by atoms with Gasteiger partial charge in [-0.3, -0.25) is 0 Å². The third-order valence-corrected chi connectivity index (χ3v) is 3.26. The van der Waals surface area contributed by atoms with Crippen molar-refractivity contribution in [3.63, 3.8) is 0 Å². The average Bonchev–Trinajstić information content (AvgIpc) is 2.21. The molecule has 0 aliphatic heterocycles. The molecule has 0 saturated heterocycles. The van der Waals surface area contributed by atoms with Crippen molar-refractivity contribution in [3.05, 3.63) is 33.3 Å². The molecule has 0 fully saturated rings. The third kappa shape index (κ3) is 2.61. The van der Waals surface area contributed by atoms with Gasteiger partial charge in [0.25, 0.3) is 0 Å². The zero-order valence-corrected chi connectivity index (χ0v) is 10.9. The summed E-state index contributed by atoms with van der Waals surface area (Å²) in [6, 6.07) is 2.13. The quantitative estimate of drug-likeness (QED) is 0.916. The predicted molar refractivity (Wildman–Crippen MR) is 68.3 cm³/mol. The zero-order valence-electron chi connectivity index (χ0n) is 9.30. The lowest BCUT2D eigenvalue weighted by molar-refractivity contribution is 0.410. The summed E-state index contributed by atoms with van der Waals surface area (Å²) < 4.78 is 6.40. The molecule has 15 heavy (non-hydrogen) atoms. The number of aryl methyl sites for hydroxylation is 2. The van der Waals surface area contributed by atoms with E-state index in [0.717, 1.165) is 15.8 Å². The summed E-state index contributed by atoms with van der Waals surface area (Å²) >= 11 is 3.53. The molecule has 0 amide bonds. The van der Waals surface area contributed by atoms with Gasteiger partial charge in [-0.2, -0.15) is 0 Å². The van der Waals surface area contributed by atoms with Crippen molar-refractivity contribution in [1.29, 1.82) is 0 Å². The number of rotatable bonds is 3. The van der Waals surface area contributed by atoms with E-state index in [1.54, 1.807) is 7.11 Å². The van der Waals surface area contributed by atoms with Crippen LogP contribution in [0.1, 0.15) is 16.7 Å². The molecule has 0 aromatic heterocycles. The van der Waals surface area contributed by atoms with Crippen LogP contribution in [0.2, 0.25) is 0 Å². The number of hydrogen-bond donors (Lipinski definition) is 1. The van der Waals surface area contributed by atoms with Crippen LogP contribution in [-0.4, -0.2) is 13.7 Å². The molecule has 0 spiro atoms.